The summed E-state index contributed by atoms with van der Waals surface area (Å²) < 4.78 is 6.20. The third kappa shape index (κ3) is 3.39. The highest BCUT2D eigenvalue weighted by molar-refractivity contribution is 5.97. The van der Waals surface area contributed by atoms with E-state index in [4.69, 9.17) is 9.72 Å². The summed E-state index contributed by atoms with van der Waals surface area (Å²) in [5, 5.41) is 2.29. The maximum Gasteiger partial charge on any atom is 0.137 e. The Bertz CT molecular complexity index is 1510. The van der Waals surface area contributed by atoms with Gasteiger partial charge in [0.25, 0.3) is 0 Å². The average molecular weight is 449 g/mol. The molecule has 1 aliphatic rings. The molecule has 1 aliphatic heterocycles. The number of nitrogens with one attached hydrogen (secondary N) is 2. The predicted molar refractivity (Wildman–Crippen MR) is 137 cm³/mol. The predicted octanol–water partition coefficient (Wildman–Crippen LogP) is 7.43. The molecule has 0 fully saturated rings. The molecule has 0 bridgehead atoms. The van der Waals surface area contributed by atoms with Gasteiger partial charge in [-0.1, -0.05) is 70.2 Å². The molecule has 0 atom stereocenters. The lowest BCUT2D eigenvalue weighted by Gasteiger charge is -2.19. The van der Waals surface area contributed by atoms with Crippen LogP contribution >= 0.6 is 0 Å². The highest BCUT2D eigenvalue weighted by atomic mass is 16.5. The molecule has 0 saturated heterocycles. The fourth-order valence-corrected chi connectivity index (χ4v) is 4.62. The third-order valence-corrected chi connectivity index (χ3v) is 6.60. The smallest absolute Gasteiger partial charge is 0.137 e. The van der Waals surface area contributed by atoms with Crippen LogP contribution < -0.4 is 4.74 Å². The Kier molecular flexibility index (Phi) is 4.80. The van der Waals surface area contributed by atoms with Gasteiger partial charge in [-0.05, 0) is 34.2 Å². The summed E-state index contributed by atoms with van der Waals surface area (Å²) in [5.41, 5.74) is 7.71. The van der Waals surface area contributed by atoms with E-state index >= 15 is 0 Å². The van der Waals surface area contributed by atoms with E-state index in [9.17, 15) is 0 Å². The second-order valence-corrected chi connectivity index (χ2v) is 9.68. The highest BCUT2D eigenvalue weighted by Gasteiger charge is 2.24. The molecule has 6 rings (SSSR count). The van der Waals surface area contributed by atoms with Gasteiger partial charge < -0.3 is 14.7 Å². The van der Waals surface area contributed by atoms with Crippen molar-refractivity contribution >= 4 is 10.8 Å². The average Bonchev–Trinajstić information content (AvgIpc) is 3.51. The summed E-state index contributed by atoms with van der Waals surface area (Å²) >= 11 is 0. The number of hydrogen-bond donors (Lipinski definition) is 2. The van der Waals surface area contributed by atoms with Crippen molar-refractivity contribution < 1.29 is 4.74 Å². The van der Waals surface area contributed by atoms with Gasteiger partial charge in [0.05, 0.1) is 23.3 Å². The molecule has 5 heteroatoms. The molecule has 0 radical (unpaired) electrons. The monoisotopic (exact) mass is 448 g/mol. The summed E-state index contributed by atoms with van der Waals surface area (Å²) in [6.07, 6.45) is 1.92. The molecule has 0 spiro atoms. The van der Waals surface area contributed by atoms with Crippen molar-refractivity contribution in [2.75, 3.05) is 0 Å². The Morgan fingerprint density at radius 3 is 2.26 bits per heavy atom. The summed E-state index contributed by atoms with van der Waals surface area (Å²) in [6, 6.07) is 19.5. The van der Waals surface area contributed by atoms with Crippen molar-refractivity contribution in [3.63, 3.8) is 0 Å². The Balaban J connectivity index is 1.34. The molecule has 0 unspecified atom stereocenters. The first-order valence-electron chi connectivity index (χ1n) is 11.9. The molecular formula is C29H28N4O. The fraction of sp³-hybridized carbons (Fsp3) is 0.241. The Labute approximate surface area is 199 Å². The summed E-state index contributed by atoms with van der Waals surface area (Å²) in [6.45, 7) is 9.11. The van der Waals surface area contributed by atoms with Crippen molar-refractivity contribution in [1.29, 1.82) is 0 Å². The molecule has 170 valence electrons. The highest BCUT2D eigenvalue weighted by Crippen LogP contribution is 2.42. The topological polar surface area (TPSA) is 66.6 Å². The van der Waals surface area contributed by atoms with Crippen LogP contribution in [0.4, 0.5) is 0 Å². The number of hydrogen-bond acceptors (Lipinski definition) is 3. The first kappa shape index (κ1) is 20.7. The van der Waals surface area contributed by atoms with Crippen molar-refractivity contribution in [1.82, 2.24) is 19.9 Å². The number of rotatable bonds is 4. The Morgan fingerprint density at radius 2 is 1.53 bits per heavy atom. The minimum atomic E-state index is 0.356. The molecule has 0 amide bonds. The van der Waals surface area contributed by atoms with Crippen LogP contribution in [0.5, 0.6) is 5.75 Å². The van der Waals surface area contributed by atoms with Crippen LogP contribution in [0.2, 0.25) is 0 Å². The summed E-state index contributed by atoms with van der Waals surface area (Å²) in [5.74, 6) is 3.69. The zero-order valence-corrected chi connectivity index (χ0v) is 19.9. The quantitative estimate of drug-likeness (QED) is 0.300. The van der Waals surface area contributed by atoms with Crippen molar-refractivity contribution in [2.24, 2.45) is 0 Å². The van der Waals surface area contributed by atoms with Gasteiger partial charge in [-0.2, -0.15) is 0 Å². The molecular weight excluding hydrogens is 420 g/mol. The zero-order chi connectivity index (χ0) is 23.4. The maximum atomic E-state index is 6.20. The van der Waals surface area contributed by atoms with E-state index in [2.05, 4.69) is 97.2 Å². The SMILES string of the molecule is CC(C)c1ncc(-c2ccc(-c3ccc4c5c(ccc4c3)-c3nc(C(C)C)[nH]c3CO5)cc2)[nH]1. The molecule has 5 nitrogen and oxygen atoms in total. The molecule has 34 heavy (non-hydrogen) atoms. The van der Waals surface area contributed by atoms with E-state index in [1.807, 2.05) is 6.20 Å². The van der Waals surface area contributed by atoms with E-state index in [1.165, 1.54) is 16.5 Å². The fourth-order valence-electron chi connectivity index (χ4n) is 4.62. The number of H-pyrrole nitrogens is 2. The Hall–Kier alpha value is -3.86. The zero-order valence-electron chi connectivity index (χ0n) is 19.9. The second-order valence-electron chi connectivity index (χ2n) is 9.68. The van der Waals surface area contributed by atoms with Crippen molar-refractivity contribution in [2.45, 2.75) is 46.1 Å². The molecule has 0 saturated carbocycles. The number of nitrogens with zero attached hydrogens (tertiary/aromatic N) is 2. The Morgan fingerprint density at radius 1 is 0.794 bits per heavy atom. The van der Waals surface area contributed by atoms with E-state index < -0.39 is 0 Å². The van der Waals surface area contributed by atoms with Gasteiger partial charge in [0.1, 0.15) is 24.0 Å². The molecule has 2 aromatic heterocycles. The van der Waals surface area contributed by atoms with Crippen LogP contribution in [0.3, 0.4) is 0 Å². The van der Waals surface area contributed by atoms with Crippen LogP contribution in [-0.2, 0) is 6.61 Å². The first-order valence-corrected chi connectivity index (χ1v) is 11.9. The van der Waals surface area contributed by atoms with Crippen LogP contribution in [0.25, 0.3) is 44.4 Å². The summed E-state index contributed by atoms with van der Waals surface area (Å²) in [4.78, 5) is 16.2. The van der Waals surface area contributed by atoms with E-state index in [1.54, 1.807) is 0 Å². The van der Waals surface area contributed by atoms with E-state index in [-0.39, 0.29) is 0 Å². The van der Waals surface area contributed by atoms with Gasteiger partial charge in [-0.15, -0.1) is 0 Å². The van der Waals surface area contributed by atoms with Gasteiger partial charge in [0.15, 0.2) is 0 Å². The van der Waals surface area contributed by atoms with Crippen LogP contribution in [0.1, 0.15) is 56.9 Å². The van der Waals surface area contributed by atoms with E-state index in [0.29, 0.717) is 18.4 Å². The van der Waals surface area contributed by atoms with Crippen LogP contribution in [0.15, 0.2) is 60.8 Å². The normalized spacial score (nSPS) is 12.8. The number of ether oxygens (including phenoxy) is 1. The first-order chi connectivity index (χ1) is 16.5. The number of benzene rings is 3. The largest absolute Gasteiger partial charge is 0.486 e. The molecule has 2 N–H and O–H groups in total. The molecule has 3 aromatic carbocycles. The minimum absolute atomic E-state index is 0.356. The standard InChI is InChI=1S/C29H28N4O/c1-16(2)28-30-14-24(31-28)19-7-5-18(6-8-19)20-9-11-22-21(13-20)10-12-23-26-25(15-34-27(22)23)32-29(33-26)17(3)4/h5-14,16-17H,15H2,1-4H3,(H,30,31)(H,32,33). The lowest BCUT2D eigenvalue weighted by molar-refractivity contribution is 0.301. The molecule has 3 heterocycles. The van der Waals surface area contributed by atoms with E-state index in [0.717, 1.165) is 51.0 Å². The van der Waals surface area contributed by atoms with Gasteiger partial charge in [-0.3, -0.25) is 0 Å². The summed E-state index contributed by atoms with van der Waals surface area (Å²) in [7, 11) is 0. The molecule has 0 aliphatic carbocycles. The van der Waals surface area contributed by atoms with Gasteiger partial charge >= 0.3 is 0 Å². The van der Waals surface area contributed by atoms with Gasteiger partial charge in [0.2, 0.25) is 0 Å². The van der Waals surface area contributed by atoms with Crippen molar-refractivity contribution in [3.05, 3.63) is 78.1 Å². The lowest BCUT2D eigenvalue weighted by atomic mass is 9.96. The number of aromatic amines is 2. The lowest BCUT2D eigenvalue weighted by Crippen LogP contribution is -2.05. The van der Waals surface area contributed by atoms with Crippen LogP contribution in [0, 0.1) is 0 Å². The number of aromatic nitrogens is 4. The third-order valence-electron chi connectivity index (χ3n) is 6.60. The second kappa shape index (κ2) is 7.87. The van der Waals surface area contributed by atoms with Gasteiger partial charge in [0, 0.05) is 22.8 Å². The van der Waals surface area contributed by atoms with Crippen molar-refractivity contribution in [3.8, 4) is 39.4 Å². The number of imidazole rings is 2. The number of fused-ring (bicyclic) bond motifs is 5. The maximum absolute atomic E-state index is 6.20. The minimum Gasteiger partial charge on any atom is -0.486 e. The van der Waals surface area contributed by atoms with Crippen LogP contribution in [-0.4, -0.2) is 19.9 Å². The molecule has 5 aromatic rings. The van der Waals surface area contributed by atoms with Gasteiger partial charge in [-0.25, -0.2) is 9.97 Å².